The molecule has 0 spiro atoms. The van der Waals surface area contributed by atoms with E-state index in [1.807, 2.05) is 60.7 Å². The molecule has 24 heavy (non-hydrogen) atoms. The first-order valence-electron chi connectivity index (χ1n) is 7.48. The molecule has 2 N–H and O–H groups in total. The van der Waals surface area contributed by atoms with Gasteiger partial charge in [-0.3, -0.25) is 0 Å². The summed E-state index contributed by atoms with van der Waals surface area (Å²) in [4.78, 5) is 0. The first-order valence-corrected chi connectivity index (χ1v) is 7.48. The van der Waals surface area contributed by atoms with E-state index < -0.39 is 0 Å². The Kier molecular flexibility index (Phi) is 4.31. The average molecular weight is 313 g/mol. The Hall–Kier alpha value is -3.51. The Morgan fingerprint density at radius 2 is 1.21 bits per heavy atom. The highest BCUT2D eigenvalue weighted by atomic mass is 16.3. The van der Waals surface area contributed by atoms with Crippen molar-refractivity contribution in [2.24, 2.45) is 0 Å². The van der Waals surface area contributed by atoms with Crippen LogP contribution >= 0.6 is 0 Å². The van der Waals surface area contributed by atoms with Gasteiger partial charge in [-0.05, 0) is 34.9 Å². The maximum Gasteiger partial charge on any atom is 0.158 e. The third-order valence-electron chi connectivity index (χ3n) is 3.75. The molecule has 0 aromatic heterocycles. The molecule has 0 saturated carbocycles. The molecule has 0 fully saturated rings. The van der Waals surface area contributed by atoms with Crippen LogP contribution < -0.4 is 0 Å². The van der Waals surface area contributed by atoms with Crippen LogP contribution in [-0.2, 0) is 0 Å². The predicted octanol–water partition coefficient (Wildman–Crippen LogP) is 4.58. The van der Waals surface area contributed by atoms with Gasteiger partial charge in [0.2, 0.25) is 0 Å². The molecule has 0 aliphatic carbocycles. The minimum absolute atomic E-state index is 0.211. The smallest absolute Gasteiger partial charge is 0.158 e. The molecular formula is C21H15NO2. The topological polar surface area (TPSA) is 64.2 Å². The van der Waals surface area contributed by atoms with Gasteiger partial charge in [-0.2, -0.15) is 5.26 Å². The molecule has 0 heterocycles. The van der Waals surface area contributed by atoms with Crippen molar-refractivity contribution >= 4 is 11.1 Å². The Morgan fingerprint density at radius 1 is 0.667 bits per heavy atom. The molecule has 3 heteroatoms. The van der Waals surface area contributed by atoms with E-state index in [2.05, 4.69) is 6.07 Å². The van der Waals surface area contributed by atoms with Gasteiger partial charge in [0.05, 0.1) is 5.57 Å². The third-order valence-corrected chi connectivity index (χ3v) is 3.75. The lowest BCUT2D eigenvalue weighted by Gasteiger charge is -2.12. The van der Waals surface area contributed by atoms with Gasteiger partial charge in [0.15, 0.2) is 11.5 Å². The maximum absolute atomic E-state index is 9.79. The van der Waals surface area contributed by atoms with Gasteiger partial charge in [0.1, 0.15) is 6.07 Å². The van der Waals surface area contributed by atoms with Crippen molar-refractivity contribution in [3.8, 4) is 17.6 Å². The van der Waals surface area contributed by atoms with Crippen LogP contribution in [0, 0.1) is 11.3 Å². The van der Waals surface area contributed by atoms with E-state index in [1.54, 1.807) is 6.07 Å². The number of rotatable bonds is 3. The summed E-state index contributed by atoms with van der Waals surface area (Å²) in [6, 6.07) is 26.0. The Balaban J connectivity index is 2.31. The van der Waals surface area contributed by atoms with E-state index in [0.717, 1.165) is 16.7 Å². The first-order chi connectivity index (χ1) is 11.7. The van der Waals surface area contributed by atoms with E-state index in [0.29, 0.717) is 11.1 Å². The lowest BCUT2D eigenvalue weighted by Crippen LogP contribution is -1.94. The SMILES string of the molecule is N#CC(=C(c1ccccc1)c1ccccc1)c1ccc(O)c(O)c1. The lowest BCUT2D eigenvalue weighted by atomic mass is 9.90. The first kappa shape index (κ1) is 15.4. The maximum atomic E-state index is 9.79. The normalized spacial score (nSPS) is 9.96. The molecule has 0 aliphatic heterocycles. The summed E-state index contributed by atoms with van der Waals surface area (Å²) in [5.41, 5.74) is 3.59. The summed E-state index contributed by atoms with van der Waals surface area (Å²) in [7, 11) is 0. The van der Waals surface area contributed by atoms with Crippen molar-refractivity contribution in [1.82, 2.24) is 0 Å². The quantitative estimate of drug-likeness (QED) is 0.422. The summed E-state index contributed by atoms with van der Waals surface area (Å²) in [5.74, 6) is -0.460. The highest BCUT2D eigenvalue weighted by Crippen LogP contribution is 2.35. The number of phenols is 2. The predicted molar refractivity (Wildman–Crippen MR) is 94.2 cm³/mol. The molecule has 3 aromatic carbocycles. The van der Waals surface area contributed by atoms with Crippen molar-refractivity contribution in [3.05, 3.63) is 95.6 Å². The molecule has 3 nitrogen and oxygen atoms in total. The zero-order chi connectivity index (χ0) is 16.9. The number of allylic oxidation sites excluding steroid dienone is 1. The molecule has 0 atom stereocenters. The number of phenolic OH excluding ortho intramolecular Hbond substituents is 2. The standard InChI is InChI=1S/C21H15NO2/c22-14-18(17-11-12-19(23)20(24)13-17)21(15-7-3-1-4-8-15)16-9-5-2-6-10-16/h1-13,23-24H. The van der Waals surface area contributed by atoms with Crippen LogP contribution in [0.25, 0.3) is 11.1 Å². The second-order valence-corrected chi connectivity index (χ2v) is 5.30. The molecular weight excluding hydrogens is 298 g/mol. The Labute approximate surface area is 140 Å². The van der Waals surface area contributed by atoms with Gasteiger partial charge >= 0.3 is 0 Å². The fourth-order valence-corrected chi connectivity index (χ4v) is 2.61. The van der Waals surface area contributed by atoms with Crippen LogP contribution in [0.2, 0.25) is 0 Å². The van der Waals surface area contributed by atoms with Gasteiger partial charge < -0.3 is 10.2 Å². The Morgan fingerprint density at radius 3 is 1.67 bits per heavy atom. The van der Waals surface area contributed by atoms with Crippen LogP contribution in [0.5, 0.6) is 11.5 Å². The summed E-state index contributed by atoms with van der Waals surface area (Å²) in [5, 5.41) is 29.1. The zero-order valence-corrected chi connectivity index (χ0v) is 12.8. The summed E-state index contributed by atoms with van der Waals surface area (Å²) >= 11 is 0. The van der Waals surface area contributed by atoms with Crippen LogP contribution in [0.1, 0.15) is 16.7 Å². The molecule has 3 aromatic rings. The fraction of sp³-hybridized carbons (Fsp3) is 0. The summed E-state index contributed by atoms with van der Waals surface area (Å²) in [6.07, 6.45) is 0. The average Bonchev–Trinajstić information content (AvgIpc) is 2.63. The van der Waals surface area contributed by atoms with Crippen LogP contribution in [0.4, 0.5) is 0 Å². The number of hydrogen-bond acceptors (Lipinski definition) is 3. The van der Waals surface area contributed by atoms with Crippen molar-refractivity contribution in [3.63, 3.8) is 0 Å². The van der Waals surface area contributed by atoms with Crippen molar-refractivity contribution in [1.29, 1.82) is 5.26 Å². The largest absolute Gasteiger partial charge is 0.504 e. The third kappa shape index (κ3) is 2.99. The number of nitriles is 1. The van der Waals surface area contributed by atoms with E-state index in [1.165, 1.54) is 12.1 Å². The van der Waals surface area contributed by atoms with Gasteiger partial charge in [0, 0.05) is 5.57 Å². The van der Waals surface area contributed by atoms with Crippen molar-refractivity contribution in [2.75, 3.05) is 0 Å². The van der Waals surface area contributed by atoms with Crippen molar-refractivity contribution < 1.29 is 10.2 Å². The minimum atomic E-state index is -0.249. The Bertz CT molecular complexity index is 882. The molecule has 0 unspecified atom stereocenters. The zero-order valence-electron chi connectivity index (χ0n) is 12.8. The number of hydrogen-bond donors (Lipinski definition) is 2. The van der Waals surface area contributed by atoms with E-state index in [9.17, 15) is 15.5 Å². The fourth-order valence-electron chi connectivity index (χ4n) is 2.61. The summed E-state index contributed by atoms with van der Waals surface area (Å²) in [6.45, 7) is 0. The van der Waals surface area contributed by atoms with E-state index in [-0.39, 0.29) is 11.5 Å². The number of nitrogens with zero attached hydrogens (tertiary/aromatic N) is 1. The van der Waals surface area contributed by atoms with Crippen molar-refractivity contribution in [2.45, 2.75) is 0 Å². The molecule has 0 amide bonds. The van der Waals surface area contributed by atoms with Crippen LogP contribution in [-0.4, -0.2) is 10.2 Å². The van der Waals surface area contributed by atoms with Crippen LogP contribution in [0.3, 0.4) is 0 Å². The monoisotopic (exact) mass is 313 g/mol. The lowest BCUT2D eigenvalue weighted by molar-refractivity contribution is 0.403. The number of aromatic hydroxyl groups is 2. The molecule has 0 bridgehead atoms. The molecule has 0 radical (unpaired) electrons. The van der Waals surface area contributed by atoms with Crippen LogP contribution in [0.15, 0.2) is 78.9 Å². The minimum Gasteiger partial charge on any atom is -0.504 e. The van der Waals surface area contributed by atoms with E-state index in [4.69, 9.17) is 0 Å². The molecule has 116 valence electrons. The van der Waals surface area contributed by atoms with Gasteiger partial charge in [-0.25, -0.2) is 0 Å². The van der Waals surface area contributed by atoms with Gasteiger partial charge in [0.25, 0.3) is 0 Å². The summed E-state index contributed by atoms with van der Waals surface area (Å²) < 4.78 is 0. The molecule has 3 rings (SSSR count). The van der Waals surface area contributed by atoms with E-state index >= 15 is 0 Å². The van der Waals surface area contributed by atoms with Gasteiger partial charge in [-0.15, -0.1) is 0 Å². The highest BCUT2D eigenvalue weighted by Gasteiger charge is 2.15. The van der Waals surface area contributed by atoms with Gasteiger partial charge in [-0.1, -0.05) is 60.7 Å². The highest BCUT2D eigenvalue weighted by molar-refractivity contribution is 6.03. The number of benzene rings is 3. The molecule has 0 aliphatic rings. The second kappa shape index (κ2) is 6.72. The second-order valence-electron chi connectivity index (χ2n) is 5.30. The molecule has 0 saturated heterocycles.